The van der Waals surface area contributed by atoms with Gasteiger partial charge in [-0.2, -0.15) is 0 Å². The number of aliphatic hydroxyl groups excluding tert-OH is 5. The molecule has 2 fully saturated rings. The van der Waals surface area contributed by atoms with Gasteiger partial charge < -0.3 is 50.1 Å². The standard InChI is InChI=1S/C33H49F2N5O8/c1-2-47-24-16-37-33(38-17-24)39-8-5-21(6-9-39)4-3-11-48-23-12-26(34)25(27(35)13-23)14-30(44)40-10-7-22(19-40)15-36-18-28(42)31(45)32(46)29(43)20-41/h12-13,16-17,21-22,28-29,31-32,36,41-43,45-46H,2-11,14-15,18-20H2,1H3/t22-,28?,29?,31?,32?/m0/s1. The van der Waals surface area contributed by atoms with E-state index in [1.54, 1.807) is 12.4 Å². The maximum Gasteiger partial charge on any atom is 0.227 e. The van der Waals surface area contributed by atoms with E-state index in [9.17, 15) is 34.0 Å². The van der Waals surface area contributed by atoms with E-state index in [1.807, 2.05) is 6.92 Å². The molecule has 2 aromatic rings. The Bertz CT molecular complexity index is 1260. The van der Waals surface area contributed by atoms with Crippen molar-refractivity contribution in [2.75, 3.05) is 64.0 Å². The van der Waals surface area contributed by atoms with Crippen molar-refractivity contribution in [1.82, 2.24) is 20.2 Å². The summed E-state index contributed by atoms with van der Waals surface area (Å²) < 4.78 is 40.8. The van der Waals surface area contributed by atoms with E-state index in [0.717, 1.165) is 50.9 Å². The van der Waals surface area contributed by atoms with Gasteiger partial charge in [0.15, 0.2) is 5.75 Å². The number of aromatic nitrogens is 2. The number of carbonyl (C=O) groups is 1. The summed E-state index contributed by atoms with van der Waals surface area (Å²) in [6, 6.07) is 2.24. The zero-order valence-corrected chi connectivity index (χ0v) is 27.4. The van der Waals surface area contributed by atoms with Gasteiger partial charge in [0.2, 0.25) is 11.9 Å². The molecular weight excluding hydrogens is 632 g/mol. The molecule has 0 saturated carbocycles. The Morgan fingerprint density at radius 1 is 0.958 bits per heavy atom. The van der Waals surface area contributed by atoms with Crippen molar-refractivity contribution in [2.24, 2.45) is 11.8 Å². The molecule has 1 aromatic heterocycles. The molecule has 4 rings (SSSR count). The van der Waals surface area contributed by atoms with Crippen molar-refractivity contribution in [3.63, 3.8) is 0 Å². The number of piperidine rings is 1. The fourth-order valence-corrected chi connectivity index (χ4v) is 6.14. The second-order valence-electron chi connectivity index (χ2n) is 12.6. The summed E-state index contributed by atoms with van der Waals surface area (Å²) in [5.74, 6) is -0.113. The Balaban J connectivity index is 1.13. The largest absolute Gasteiger partial charge is 0.493 e. The maximum absolute atomic E-state index is 14.9. The van der Waals surface area contributed by atoms with Gasteiger partial charge in [0.25, 0.3) is 0 Å². The lowest BCUT2D eigenvalue weighted by Crippen LogP contribution is -2.49. The Morgan fingerprint density at radius 2 is 1.60 bits per heavy atom. The molecule has 48 heavy (non-hydrogen) atoms. The molecule has 0 radical (unpaired) electrons. The average Bonchev–Trinajstić information content (AvgIpc) is 3.57. The van der Waals surface area contributed by atoms with Gasteiger partial charge in [-0.1, -0.05) is 0 Å². The molecule has 0 spiro atoms. The van der Waals surface area contributed by atoms with E-state index >= 15 is 0 Å². The fourth-order valence-electron chi connectivity index (χ4n) is 6.14. The van der Waals surface area contributed by atoms with Crippen LogP contribution in [0, 0.1) is 23.5 Å². The number of benzene rings is 1. The minimum atomic E-state index is -1.71. The third kappa shape index (κ3) is 10.6. The third-order valence-corrected chi connectivity index (χ3v) is 9.04. The molecule has 0 bridgehead atoms. The summed E-state index contributed by atoms with van der Waals surface area (Å²) in [5.41, 5.74) is -0.307. The van der Waals surface area contributed by atoms with Gasteiger partial charge in [0.05, 0.1) is 44.7 Å². The minimum Gasteiger partial charge on any atom is -0.493 e. The van der Waals surface area contributed by atoms with Gasteiger partial charge in [0.1, 0.15) is 35.7 Å². The lowest BCUT2D eigenvalue weighted by Gasteiger charge is -2.32. The molecule has 268 valence electrons. The number of amides is 1. The molecule has 2 saturated heterocycles. The summed E-state index contributed by atoms with van der Waals surface area (Å²) in [4.78, 5) is 25.4. The van der Waals surface area contributed by atoms with E-state index in [0.29, 0.717) is 56.9 Å². The lowest BCUT2D eigenvalue weighted by atomic mass is 9.92. The molecular formula is C33H49F2N5O8. The monoisotopic (exact) mass is 681 g/mol. The quantitative estimate of drug-likeness (QED) is 0.121. The first kappa shape index (κ1) is 37.6. The number of carbonyl (C=O) groups excluding carboxylic acids is 1. The van der Waals surface area contributed by atoms with E-state index in [-0.39, 0.29) is 23.8 Å². The van der Waals surface area contributed by atoms with Crippen LogP contribution >= 0.6 is 0 Å². The van der Waals surface area contributed by atoms with E-state index < -0.39 is 55.0 Å². The highest BCUT2D eigenvalue weighted by molar-refractivity contribution is 5.79. The van der Waals surface area contributed by atoms with Gasteiger partial charge in [-0.15, -0.1) is 0 Å². The van der Waals surface area contributed by atoms with Gasteiger partial charge in [-0.25, -0.2) is 18.7 Å². The fraction of sp³-hybridized carbons (Fsp3) is 0.667. The molecule has 15 heteroatoms. The first-order valence-electron chi connectivity index (χ1n) is 16.7. The summed E-state index contributed by atoms with van der Waals surface area (Å²) in [6.07, 6.45) is 0.899. The van der Waals surface area contributed by atoms with Crippen molar-refractivity contribution in [1.29, 1.82) is 0 Å². The number of anilines is 1. The van der Waals surface area contributed by atoms with Gasteiger partial charge in [0, 0.05) is 50.4 Å². The number of halogens is 2. The van der Waals surface area contributed by atoms with Crippen LogP contribution in [-0.2, 0) is 11.2 Å². The molecule has 6 N–H and O–H groups in total. The van der Waals surface area contributed by atoms with Crippen molar-refractivity contribution < 1.29 is 48.6 Å². The number of rotatable bonds is 18. The summed E-state index contributed by atoms with van der Waals surface area (Å²) in [5, 5.41) is 50.9. The van der Waals surface area contributed by atoms with Crippen LogP contribution in [0.4, 0.5) is 14.7 Å². The highest BCUT2D eigenvalue weighted by atomic mass is 19.1. The van der Waals surface area contributed by atoms with Gasteiger partial charge in [-0.05, 0) is 57.4 Å². The molecule has 13 nitrogen and oxygen atoms in total. The smallest absolute Gasteiger partial charge is 0.227 e. The molecule has 5 atom stereocenters. The first-order chi connectivity index (χ1) is 23.1. The van der Waals surface area contributed by atoms with E-state index in [1.165, 1.54) is 4.90 Å². The van der Waals surface area contributed by atoms with Crippen LogP contribution in [0.3, 0.4) is 0 Å². The normalized spacial score (nSPS) is 19.6. The van der Waals surface area contributed by atoms with Crippen molar-refractivity contribution in [3.8, 4) is 11.5 Å². The second kappa shape index (κ2) is 18.5. The van der Waals surface area contributed by atoms with Crippen LogP contribution in [0.25, 0.3) is 0 Å². The number of hydrogen-bond donors (Lipinski definition) is 6. The molecule has 1 aromatic carbocycles. The maximum atomic E-state index is 14.9. The number of hydrogen-bond acceptors (Lipinski definition) is 12. The van der Waals surface area contributed by atoms with Crippen LogP contribution < -0.4 is 19.7 Å². The predicted octanol–water partition coefficient (Wildman–Crippen LogP) is 0.646. The first-order valence-corrected chi connectivity index (χ1v) is 16.7. The highest BCUT2D eigenvalue weighted by Gasteiger charge is 2.31. The van der Waals surface area contributed by atoms with Crippen molar-refractivity contribution in [3.05, 3.63) is 41.7 Å². The number of nitrogens with one attached hydrogen (secondary N) is 1. The van der Waals surface area contributed by atoms with Crippen LogP contribution in [0.15, 0.2) is 24.5 Å². The molecule has 0 aliphatic carbocycles. The van der Waals surface area contributed by atoms with Gasteiger partial charge >= 0.3 is 0 Å². The van der Waals surface area contributed by atoms with E-state index in [4.69, 9.17) is 14.6 Å². The number of aliphatic hydroxyl groups is 5. The van der Waals surface area contributed by atoms with Crippen LogP contribution in [-0.4, -0.2) is 130 Å². The van der Waals surface area contributed by atoms with Gasteiger partial charge in [-0.3, -0.25) is 4.79 Å². The number of likely N-dealkylation sites (tertiary alicyclic amines) is 1. The van der Waals surface area contributed by atoms with Crippen molar-refractivity contribution >= 4 is 11.9 Å². The number of nitrogens with zero attached hydrogens (tertiary/aromatic N) is 4. The number of ether oxygens (including phenoxy) is 2. The predicted molar refractivity (Wildman–Crippen MR) is 172 cm³/mol. The Morgan fingerprint density at radius 3 is 2.25 bits per heavy atom. The second-order valence-corrected chi connectivity index (χ2v) is 12.6. The summed E-state index contributed by atoms with van der Waals surface area (Å²) in [7, 11) is 0. The summed E-state index contributed by atoms with van der Waals surface area (Å²) in [6.45, 7) is 4.81. The zero-order valence-electron chi connectivity index (χ0n) is 27.4. The minimum absolute atomic E-state index is 0.0107. The molecule has 2 aliphatic rings. The van der Waals surface area contributed by atoms with E-state index in [2.05, 4.69) is 20.2 Å². The SMILES string of the molecule is CCOc1cnc(N2CCC(CCCOc3cc(F)c(CC(=O)N4CC[C@@H](CNCC(O)C(O)C(O)C(O)CO)C4)c(F)c3)CC2)nc1. The topological polar surface area (TPSA) is 181 Å². The van der Waals surface area contributed by atoms with Crippen molar-refractivity contribution in [2.45, 2.75) is 69.9 Å². The van der Waals surface area contributed by atoms with Crippen LogP contribution in [0.2, 0.25) is 0 Å². The highest BCUT2D eigenvalue weighted by Crippen LogP contribution is 2.26. The molecule has 3 heterocycles. The molecule has 4 unspecified atom stereocenters. The summed E-state index contributed by atoms with van der Waals surface area (Å²) >= 11 is 0. The average molecular weight is 682 g/mol. The molecule has 2 aliphatic heterocycles. The van der Waals surface area contributed by atoms with Crippen LogP contribution in [0.5, 0.6) is 11.5 Å². The Hall–Kier alpha value is -3.21. The third-order valence-electron chi connectivity index (χ3n) is 9.04. The lowest BCUT2D eigenvalue weighted by molar-refractivity contribution is -0.129. The van der Waals surface area contributed by atoms with Crippen LogP contribution in [0.1, 0.15) is 44.6 Å². The molecule has 1 amide bonds. The Kier molecular flexibility index (Phi) is 14.5. The zero-order chi connectivity index (χ0) is 34.6. The Labute approximate surface area is 279 Å².